The van der Waals surface area contributed by atoms with Gasteiger partial charge < -0.3 is 18.8 Å². The molecule has 0 unspecified atom stereocenters. The van der Waals surface area contributed by atoms with Crippen molar-refractivity contribution in [3.05, 3.63) is 63.1 Å². The highest BCUT2D eigenvalue weighted by Gasteiger charge is 2.21. The number of aromatic nitrogens is 1. The summed E-state index contributed by atoms with van der Waals surface area (Å²) in [4.78, 5) is 25.4. The summed E-state index contributed by atoms with van der Waals surface area (Å²) in [5.74, 6) is 0.708. The summed E-state index contributed by atoms with van der Waals surface area (Å²) in [5.41, 5.74) is 3.96. The van der Waals surface area contributed by atoms with Crippen molar-refractivity contribution >= 4 is 23.1 Å². The molecule has 4 rings (SSSR count). The number of aryl methyl sites for hydroxylation is 2. The number of Topliss-reactive ketones (excluding diaryl/α,β-unsaturated/α-hetero) is 1. The van der Waals surface area contributed by atoms with Crippen molar-refractivity contribution in [1.82, 2.24) is 4.57 Å². The Hall–Kier alpha value is -3.06. The van der Waals surface area contributed by atoms with Crippen LogP contribution < -0.4 is 9.47 Å². The van der Waals surface area contributed by atoms with Gasteiger partial charge in [0.05, 0.1) is 0 Å². The van der Waals surface area contributed by atoms with Crippen molar-refractivity contribution in [2.75, 3.05) is 19.8 Å². The highest BCUT2D eigenvalue weighted by molar-refractivity contribution is 7.12. The molecular formula is C22H21NO5S. The largest absolute Gasteiger partial charge is 0.486 e. The molecule has 0 fully saturated rings. The van der Waals surface area contributed by atoms with Gasteiger partial charge in [0.2, 0.25) is 5.78 Å². The van der Waals surface area contributed by atoms with Crippen LogP contribution in [0.15, 0.2) is 35.7 Å². The number of rotatable bonds is 5. The molecule has 29 heavy (non-hydrogen) atoms. The maximum atomic E-state index is 12.7. The lowest BCUT2D eigenvalue weighted by Gasteiger charge is -2.20. The Balaban J connectivity index is 1.55. The number of carbonyl (C=O) groups excluding carboxylic acids is 2. The smallest absolute Gasteiger partial charge is 0.349 e. The van der Waals surface area contributed by atoms with Gasteiger partial charge in [-0.2, -0.15) is 0 Å². The van der Waals surface area contributed by atoms with Crippen molar-refractivity contribution in [3.8, 4) is 17.2 Å². The van der Waals surface area contributed by atoms with E-state index < -0.39 is 5.97 Å². The van der Waals surface area contributed by atoms with Gasteiger partial charge in [-0.15, -0.1) is 11.3 Å². The Bertz CT molecular complexity index is 1090. The highest BCUT2D eigenvalue weighted by Crippen LogP contribution is 2.33. The van der Waals surface area contributed by atoms with E-state index in [2.05, 4.69) is 0 Å². The van der Waals surface area contributed by atoms with Crippen LogP contribution in [0.1, 0.15) is 37.0 Å². The minimum absolute atomic E-state index is 0.232. The van der Waals surface area contributed by atoms with Crippen molar-refractivity contribution in [3.63, 3.8) is 0 Å². The van der Waals surface area contributed by atoms with E-state index in [4.69, 9.17) is 14.2 Å². The number of esters is 1. The van der Waals surface area contributed by atoms with Crippen molar-refractivity contribution in [2.24, 2.45) is 0 Å². The van der Waals surface area contributed by atoms with E-state index in [-0.39, 0.29) is 12.4 Å². The first-order valence-electron chi connectivity index (χ1n) is 9.29. The van der Waals surface area contributed by atoms with Crippen molar-refractivity contribution < 1.29 is 23.8 Å². The van der Waals surface area contributed by atoms with Crippen LogP contribution in [0.4, 0.5) is 0 Å². The zero-order valence-corrected chi connectivity index (χ0v) is 17.3. The molecule has 1 aromatic carbocycles. The van der Waals surface area contributed by atoms with Crippen LogP contribution in [-0.4, -0.2) is 36.1 Å². The molecule has 0 spiro atoms. The van der Waals surface area contributed by atoms with E-state index in [1.165, 1.54) is 11.3 Å². The Morgan fingerprint density at radius 2 is 1.83 bits per heavy atom. The third kappa shape index (κ3) is 3.65. The monoisotopic (exact) mass is 411 g/mol. The number of ketones is 1. The number of nitrogens with zero attached hydrogens (tertiary/aromatic N) is 1. The Labute approximate surface area is 172 Å². The predicted molar refractivity (Wildman–Crippen MR) is 110 cm³/mol. The molecule has 0 saturated heterocycles. The number of thiophene rings is 1. The molecular weight excluding hydrogens is 390 g/mol. The maximum absolute atomic E-state index is 12.7. The molecule has 3 aromatic rings. The van der Waals surface area contributed by atoms with Gasteiger partial charge in [0.1, 0.15) is 18.1 Å². The van der Waals surface area contributed by atoms with Crippen LogP contribution in [-0.2, 0) is 4.74 Å². The van der Waals surface area contributed by atoms with E-state index in [0.29, 0.717) is 29.4 Å². The van der Waals surface area contributed by atoms with Crippen LogP contribution in [0.25, 0.3) is 5.69 Å². The van der Waals surface area contributed by atoms with Crippen LogP contribution in [0.2, 0.25) is 0 Å². The average molecular weight is 411 g/mol. The summed E-state index contributed by atoms with van der Waals surface area (Å²) in [5, 5.41) is 1.83. The Morgan fingerprint density at radius 3 is 2.55 bits per heavy atom. The standard InChI is InChI=1S/C22H21NO5S/c1-13-6-9-29-21(13)22(25)28-12-18(24)17-10-14(2)23(15(17)3)16-4-5-19-20(11-16)27-8-7-26-19/h4-6,9-11H,7-8,12H2,1-3H3. The summed E-state index contributed by atoms with van der Waals surface area (Å²) < 4.78 is 18.5. The van der Waals surface area contributed by atoms with Gasteiger partial charge in [0.15, 0.2) is 18.1 Å². The number of ether oxygens (including phenoxy) is 3. The molecule has 0 radical (unpaired) electrons. The normalized spacial score (nSPS) is 12.7. The molecule has 0 saturated carbocycles. The molecule has 0 bridgehead atoms. The van der Waals surface area contributed by atoms with Crippen LogP contribution in [0, 0.1) is 20.8 Å². The molecule has 3 heterocycles. The van der Waals surface area contributed by atoms with Gasteiger partial charge in [-0.1, -0.05) is 0 Å². The van der Waals surface area contributed by atoms with Crippen molar-refractivity contribution in [2.45, 2.75) is 20.8 Å². The number of benzene rings is 1. The summed E-state index contributed by atoms with van der Waals surface area (Å²) in [7, 11) is 0. The fourth-order valence-electron chi connectivity index (χ4n) is 3.47. The first-order chi connectivity index (χ1) is 14.0. The van der Waals surface area contributed by atoms with Crippen LogP contribution in [0.3, 0.4) is 0 Å². The van der Waals surface area contributed by atoms with Crippen LogP contribution in [0.5, 0.6) is 11.5 Å². The molecule has 6 nitrogen and oxygen atoms in total. The van der Waals surface area contributed by atoms with Gasteiger partial charge in [-0.3, -0.25) is 4.79 Å². The first kappa shape index (κ1) is 19.3. The maximum Gasteiger partial charge on any atom is 0.349 e. The number of hydrogen-bond donors (Lipinski definition) is 0. The lowest BCUT2D eigenvalue weighted by Crippen LogP contribution is -2.16. The Morgan fingerprint density at radius 1 is 1.07 bits per heavy atom. The molecule has 0 aliphatic carbocycles. The van der Waals surface area contributed by atoms with E-state index in [1.54, 1.807) is 0 Å². The summed E-state index contributed by atoms with van der Waals surface area (Å²) >= 11 is 1.31. The molecule has 150 valence electrons. The van der Waals surface area contributed by atoms with Gasteiger partial charge >= 0.3 is 5.97 Å². The van der Waals surface area contributed by atoms with E-state index >= 15 is 0 Å². The summed E-state index contributed by atoms with van der Waals surface area (Å²) in [6.07, 6.45) is 0. The van der Waals surface area contributed by atoms with Gasteiger partial charge in [-0.05, 0) is 56.0 Å². The fourth-order valence-corrected chi connectivity index (χ4v) is 4.29. The third-order valence-corrected chi connectivity index (χ3v) is 5.89. The zero-order valence-electron chi connectivity index (χ0n) is 16.5. The van der Waals surface area contributed by atoms with Gasteiger partial charge in [0.25, 0.3) is 0 Å². The number of fused-ring (bicyclic) bond motifs is 1. The first-order valence-corrected chi connectivity index (χ1v) is 10.2. The quantitative estimate of drug-likeness (QED) is 0.463. The van der Waals surface area contributed by atoms with E-state index in [9.17, 15) is 9.59 Å². The van der Waals surface area contributed by atoms with Gasteiger partial charge in [0, 0.05) is 28.7 Å². The second-order valence-electron chi connectivity index (χ2n) is 6.88. The minimum Gasteiger partial charge on any atom is -0.486 e. The second kappa shape index (κ2) is 7.75. The summed E-state index contributed by atoms with van der Waals surface area (Å²) in [6, 6.07) is 9.38. The molecule has 7 heteroatoms. The van der Waals surface area contributed by atoms with Crippen LogP contribution >= 0.6 is 11.3 Å². The Kier molecular flexibility index (Phi) is 5.15. The third-order valence-electron chi connectivity index (χ3n) is 4.90. The topological polar surface area (TPSA) is 66.8 Å². The number of hydrogen-bond acceptors (Lipinski definition) is 6. The molecule has 1 aliphatic heterocycles. The molecule has 2 aromatic heterocycles. The highest BCUT2D eigenvalue weighted by atomic mass is 32.1. The van der Waals surface area contributed by atoms with Gasteiger partial charge in [-0.25, -0.2) is 4.79 Å². The van der Waals surface area contributed by atoms with Crippen molar-refractivity contribution in [1.29, 1.82) is 0 Å². The molecule has 1 aliphatic rings. The molecule has 0 N–H and O–H groups in total. The molecule has 0 atom stereocenters. The SMILES string of the molecule is Cc1ccsc1C(=O)OCC(=O)c1cc(C)n(-c2ccc3c(c2)OCCO3)c1C. The second-order valence-corrected chi connectivity index (χ2v) is 7.80. The minimum atomic E-state index is -0.466. The molecule has 0 amide bonds. The van der Waals surface area contributed by atoms with E-state index in [0.717, 1.165) is 28.4 Å². The average Bonchev–Trinajstić information content (AvgIpc) is 3.28. The zero-order chi connectivity index (χ0) is 20.5. The number of carbonyl (C=O) groups is 2. The summed E-state index contributed by atoms with van der Waals surface area (Å²) in [6.45, 7) is 6.41. The fraction of sp³-hybridized carbons (Fsp3) is 0.273. The van der Waals surface area contributed by atoms with E-state index in [1.807, 2.05) is 61.1 Å². The predicted octanol–water partition coefficient (Wildman–Crippen LogP) is 4.27. The lowest BCUT2D eigenvalue weighted by molar-refractivity contribution is 0.0478. The lowest BCUT2D eigenvalue weighted by atomic mass is 10.1.